The second-order valence-electron chi connectivity index (χ2n) is 12.8. The third kappa shape index (κ3) is 3.74. The van der Waals surface area contributed by atoms with Crippen molar-refractivity contribution in [2.45, 2.75) is 118 Å². The Balaban J connectivity index is 1.46. The van der Waals surface area contributed by atoms with Gasteiger partial charge in [-0.25, -0.2) is 0 Å². The van der Waals surface area contributed by atoms with Gasteiger partial charge in [0, 0.05) is 0 Å². The number of rotatable bonds is 6. The minimum atomic E-state index is -0.0794. The maximum absolute atomic E-state index is 10.2. The van der Waals surface area contributed by atoms with E-state index in [0.717, 1.165) is 54.3 Å². The predicted octanol–water partition coefficient (Wildman–Crippen LogP) is 8.02. The van der Waals surface area contributed by atoms with Crippen LogP contribution < -0.4 is 0 Å². The van der Waals surface area contributed by atoms with Crippen LogP contribution in [0.2, 0.25) is 0 Å². The maximum atomic E-state index is 10.2. The summed E-state index contributed by atoms with van der Waals surface area (Å²) in [6, 6.07) is 0. The summed E-state index contributed by atoms with van der Waals surface area (Å²) in [5.74, 6) is 6.31. The van der Waals surface area contributed by atoms with Crippen LogP contribution in [0.15, 0.2) is 11.6 Å². The zero-order valence-corrected chi connectivity index (χ0v) is 20.9. The van der Waals surface area contributed by atoms with Crippen LogP contribution in [0.4, 0.5) is 0 Å². The number of hydrogen-bond acceptors (Lipinski definition) is 1. The van der Waals surface area contributed by atoms with Gasteiger partial charge in [-0.1, -0.05) is 72.5 Å². The van der Waals surface area contributed by atoms with Crippen molar-refractivity contribution in [1.29, 1.82) is 0 Å². The zero-order valence-electron chi connectivity index (χ0n) is 20.9. The molecule has 0 aromatic carbocycles. The summed E-state index contributed by atoms with van der Waals surface area (Å²) in [4.78, 5) is 0. The van der Waals surface area contributed by atoms with Gasteiger partial charge in [-0.05, 0) is 104 Å². The van der Waals surface area contributed by atoms with E-state index in [1.165, 1.54) is 57.8 Å². The fourth-order valence-electron chi connectivity index (χ4n) is 9.03. The van der Waals surface area contributed by atoms with Gasteiger partial charge in [-0.3, -0.25) is 0 Å². The highest BCUT2D eigenvalue weighted by Crippen LogP contribution is 2.67. The number of hydrogen-bond donors (Lipinski definition) is 1. The van der Waals surface area contributed by atoms with Crippen LogP contribution >= 0.6 is 0 Å². The van der Waals surface area contributed by atoms with Gasteiger partial charge in [-0.15, -0.1) is 0 Å². The van der Waals surface area contributed by atoms with Crippen molar-refractivity contribution in [2.75, 3.05) is 0 Å². The first kappa shape index (κ1) is 22.9. The molecule has 30 heavy (non-hydrogen) atoms. The van der Waals surface area contributed by atoms with E-state index in [-0.39, 0.29) is 6.10 Å². The Labute approximate surface area is 187 Å². The van der Waals surface area contributed by atoms with Crippen LogP contribution in [-0.2, 0) is 0 Å². The topological polar surface area (TPSA) is 20.2 Å². The summed E-state index contributed by atoms with van der Waals surface area (Å²) in [7, 11) is 0. The van der Waals surface area contributed by atoms with E-state index in [1.807, 2.05) is 0 Å². The molecular formula is C29H50O. The third-order valence-electron chi connectivity index (χ3n) is 11.5. The van der Waals surface area contributed by atoms with Gasteiger partial charge < -0.3 is 5.11 Å². The minimum Gasteiger partial charge on any atom is -0.393 e. The van der Waals surface area contributed by atoms with Crippen molar-refractivity contribution in [1.82, 2.24) is 0 Å². The van der Waals surface area contributed by atoms with Gasteiger partial charge in [0.15, 0.2) is 0 Å². The van der Waals surface area contributed by atoms with E-state index in [4.69, 9.17) is 0 Å². The standard InChI is InChI=1S/C29H50O/c1-7-19(2)20(3)8-9-21(4)25-12-13-26-24-11-10-22-18-23(30)14-16-28(22,5)27(24)15-17-29(25,26)6/h10,19-21,23-27,30H,7-9,11-18H2,1-6H3/t19?,20?,21-,23+,24+,25-,26+,27+,28+,29-/m1/s1. The van der Waals surface area contributed by atoms with Crippen LogP contribution in [0.3, 0.4) is 0 Å². The molecule has 1 nitrogen and oxygen atoms in total. The van der Waals surface area contributed by atoms with Gasteiger partial charge in [0.25, 0.3) is 0 Å². The quantitative estimate of drug-likeness (QED) is 0.436. The number of aliphatic hydroxyl groups is 1. The molecule has 4 aliphatic rings. The van der Waals surface area contributed by atoms with Crippen molar-refractivity contribution < 1.29 is 5.11 Å². The minimum absolute atomic E-state index is 0.0794. The zero-order chi connectivity index (χ0) is 21.7. The lowest BCUT2D eigenvalue weighted by Crippen LogP contribution is -2.50. The number of aliphatic hydroxyl groups excluding tert-OH is 1. The van der Waals surface area contributed by atoms with E-state index >= 15 is 0 Å². The Morgan fingerprint density at radius 1 is 0.967 bits per heavy atom. The molecule has 2 unspecified atom stereocenters. The van der Waals surface area contributed by atoms with E-state index in [0.29, 0.717) is 10.8 Å². The normalized spacial score (nSPS) is 46.2. The van der Waals surface area contributed by atoms with E-state index < -0.39 is 0 Å². The average Bonchev–Trinajstić information content (AvgIpc) is 3.09. The highest BCUT2D eigenvalue weighted by molar-refractivity contribution is 5.25. The molecule has 0 aromatic heterocycles. The van der Waals surface area contributed by atoms with Crippen LogP contribution in [0.5, 0.6) is 0 Å². The number of allylic oxidation sites excluding steroid dienone is 1. The molecule has 3 saturated carbocycles. The van der Waals surface area contributed by atoms with Gasteiger partial charge in [0.05, 0.1) is 6.10 Å². The molecule has 4 rings (SSSR count). The molecule has 0 aromatic rings. The third-order valence-corrected chi connectivity index (χ3v) is 11.5. The highest BCUT2D eigenvalue weighted by atomic mass is 16.3. The van der Waals surface area contributed by atoms with E-state index in [1.54, 1.807) is 5.57 Å². The molecule has 172 valence electrons. The molecule has 0 amide bonds. The van der Waals surface area contributed by atoms with Gasteiger partial charge in [-0.2, -0.15) is 0 Å². The van der Waals surface area contributed by atoms with Crippen molar-refractivity contribution >= 4 is 0 Å². The molecule has 1 heteroatoms. The monoisotopic (exact) mass is 414 g/mol. The molecule has 0 radical (unpaired) electrons. The molecule has 0 aliphatic heterocycles. The fraction of sp³-hybridized carbons (Fsp3) is 0.931. The molecule has 0 saturated heterocycles. The predicted molar refractivity (Wildman–Crippen MR) is 128 cm³/mol. The van der Waals surface area contributed by atoms with Crippen molar-refractivity contribution in [3.05, 3.63) is 11.6 Å². The van der Waals surface area contributed by atoms with E-state index in [2.05, 4.69) is 47.6 Å². The lowest BCUT2D eigenvalue weighted by molar-refractivity contribution is -0.0575. The first-order chi connectivity index (χ1) is 14.2. The summed E-state index contributed by atoms with van der Waals surface area (Å²) in [5, 5.41) is 10.2. The second kappa shape index (κ2) is 8.57. The summed E-state index contributed by atoms with van der Waals surface area (Å²) in [5.41, 5.74) is 2.59. The highest BCUT2D eigenvalue weighted by Gasteiger charge is 2.59. The largest absolute Gasteiger partial charge is 0.393 e. The number of fused-ring (bicyclic) bond motifs is 5. The first-order valence-electron chi connectivity index (χ1n) is 13.6. The summed E-state index contributed by atoms with van der Waals surface area (Å²) in [6.07, 6.45) is 17.1. The fourth-order valence-corrected chi connectivity index (χ4v) is 9.03. The van der Waals surface area contributed by atoms with Crippen LogP contribution in [0, 0.1) is 52.3 Å². The SMILES string of the molecule is CCC(C)C(C)CC[C@@H](C)[C@H]1CC[C@H]2[C@@H]3CC=C4C[C@@H](O)CC[C@]4(C)[C@H]3CC[C@]12C. The van der Waals surface area contributed by atoms with Gasteiger partial charge in [0.2, 0.25) is 0 Å². The lowest BCUT2D eigenvalue weighted by atomic mass is 9.47. The van der Waals surface area contributed by atoms with Crippen molar-refractivity contribution in [2.24, 2.45) is 52.3 Å². The van der Waals surface area contributed by atoms with Crippen LogP contribution in [0.1, 0.15) is 112 Å². The van der Waals surface area contributed by atoms with Crippen LogP contribution in [0.25, 0.3) is 0 Å². The Hall–Kier alpha value is -0.300. The van der Waals surface area contributed by atoms with Crippen LogP contribution in [-0.4, -0.2) is 11.2 Å². The maximum Gasteiger partial charge on any atom is 0.0577 e. The molecule has 0 heterocycles. The van der Waals surface area contributed by atoms with E-state index in [9.17, 15) is 5.11 Å². The molecule has 0 bridgehead atoms. The lowest BCUT2D eigenvalue weighted by Gasteiger charge is -2.58. The first-order valence-corrected chi connectivity index (χ1v) is 13.6. The molecule has 4 aliphatic carbocycles. The molecular weight excluding hydrogens is 364 g/mol. The molecule has 1 N–H and O–H groups in total. The summed E-state index contributed by atoms with van der Waals surface area (Å²) in [6.45, 7) is 15.1. The molecule has 3 fully saturated rings. The van der Waals surface area contributed by atoms with Crippen molar-refractivity contribution in [3.8, 4) is 0 Å². The molecule has 0 spiro atoms. The Kier molecular flexibility index (Phi) is 6.53. The van der Waals surface area contributed by atoms with Gasteiger partial charge >= 0.3 is 0 Å². The smallest absolute Gasteiger partial charge is 0.0577 e. The second-order valence-corrected chi connectivity index (χ2v) is 12.8. The van der Waals surface area contributed by atoms with Crippen molar-refractivity contribution in [3.63, 3.8) is 0 Å². The summed E-state index contributed by atoms with van der Waals surface area (Å²) < 4.78 is 0. The Morgan fingerprint density at radius 2 is 1.73 bits per heavy atom. The van der Waals surface area contributed by atoms with Gasteiger partial charge in [0.1, 0.15) is 0 Å². The Morgan fingerprint density at radius 3 is 2.47 bits per heavy atom. The average molecular weight is 415 g/mol. The Bertz CT molecular complexity index is 636. The summed E-state index contributed by atoms with van der Waals surface area (Å²) >= 11 is 0. The molecule has 10 atom stereocenters.